The van der Waals surface area contributed by atoms with Crippen LogP contribution in [0.5, 0.6) is 11.5 Å². The lowest BCUT2D eigenvalue weighted by Crippen LogP contribution is -2.01. The standard InChI is InChI=1S/C12H9NO3/c14-9-3-4-10(11(15)6-9)12(16)8-2-1-5-13-7-8/h1-7,14-15H. The minimum absolute atomic E-state index is 0.0831. The van der Waals surface area contributed by atoms with Crippen molar-refractivity contribution in [2.24, 2.45) is 0 Å². The lowest BCUT2D eigenvalue weighted by atomic mass is 10.0. The number of ketones is 1. The molecule has 1 aromatic heterocycles. The van der Waals surface area contributed by atoms with Crippen molar-refractivity contribution in [3.8, 4) is 11.5 Å². The molecular formula is C12H9NO3. The third-order valence-electron chi connectivity index (χ3n) is 2.15. The zero-order chi connectivity index (χ0) is 11.5. The average molecular weight is 215 g/mol. The molecule has 0 unspecified atom stereocenters. The van der Waals surface area contributed by atoms with Crippen LogP contribution in [0.15, 0.2) is 42.7 Å². The van der Waals surface area contributed by atoms with Crippen molar-refractivity contribution in [2.75, 3.05) is 0 Å². The van der Waals surface area contributed by atoms with Crippen molar-refractivity contribution in [3.63, 3.8) is 0 Å². The molecule has 0 spiro atoms. The molecule has 2 aromatic rings. The number of phenols is 2. The normalized spacial score (nSPS) is 10.0. The minimum Gasteiger partial charge on any atom is -0.508 e. The van der Waals surface area contributed by atoms with Gasteiger partial charge in [-0.3, -0.25) is 9.78 Å². The fourth-order valence-corrected chi connectivity index (χ4v) is 1.36. The second kappa shape index (κ2) is 4.02. The molecule has 2 rings (SSSR count). The molecule has 0 bridgehead atoms. The maximum atomic E-state index is 11.9. The largest absolute Gasteiger partial charge is 0.508 e. The van der Waals surface area contributed by atoms with E-state index in [9.17, 15) is 9.90 Å². The molecule has 16 heavy (non-hydrogen) atoms. The number of pyridine rings is 1. The summed E-state index contributed by atoms with van der Waals surface area (Å²) in [6.07, 6.45) is 2.99. The molecule has 4 heteroatoms. The Morgan fingerprint density at radius 3 is 2.62 bits per heavy atom. The van der Waals surface area contributed by atoms with Gasteiger partial charge >= 0.3 is 0 Å². The number of rotatable bonds is 2. The summed E-state index contributed by atoms with van der Waals surface area (Å²) in [4.78, 5) is 15.7. The number of phenolic OH excluding ortho intramolecular Hbond substituents is 2. The first-order valence-electron chi connectivity index (χ1n) is 4.65. The Morgan fingerprint density at radius 2 is 2.00 bits per heavy atom. The Balaban J connectivity index is 2.42. The van der Waals surface area contributed by atoms with E-state index in [1.807, 2.05) is 0 Å². The summed E-state index contributed by atoms with van der Waals surface area (Å²) in [5.74, 6) is -0.653. The molecule has 0 aliphatic heterocycles. The van der Waals surface area contributed by atoms with Gasteiger partial charge in [-0.05, 0) is 24.3 Å². The van der Waals surface area contributed by atoms with Gasteiger partial charge in [-0.2, -0.15) is 0 Å². The zero-order valence-corrected chi connectivity index (χ0v) is 8.29. The molecular weight excluding hydrogens is 206 g/mol. The first kappa shape index (κ1) is 10.2. The Bertz CT molecular complexity index is 523. The summed E-state index contributed by atoms with van der Waals surface area (Å²) >= 11 is 0. The molecule has 1 aromatic carbocycles. The van der Waals surface area contributed by atoms with E-state index >= 15 is 0 Å². The lowest BCUT2D eigenvalue weighted by molar-refractivity contribution is 0.103. The Hall–Kier alpha value is -2.36. The number of hydrogen-bond acceptors (Lipinski definition) is 4. The van der Waals surface area contributed by atoms with Crippen LogP contribution < -0.4 is 0 Å². The summed E-state index contributed by atoms with van der Waals surface area (Å²) in [5.41, 5.74) is 0.536. The monoisotopic (exact) mass is 215 g/mol. The van der Waals surface area contributed by atoms with E-state index in [0.717, 1.165) is 6.07 Å². The van der Waals surface area contributed by atoms with Gasteiger partial charge in [0.25, 0.3) is 0 Å². The van der Waals surface area contributed by atoms with Crippen LogP contribution in [0.1, 0.15) is 15.9 Å². The molecule has 0 radical (unpaired) electrons. The van der Waals surface area contributed by atoms with Crippen molar-refractivity contribution in [2.45, 2.75) is 0 Å². The predicted molar refractivity (Wildman–Crippen MR) is 57.4 cm³/mol. The predicted octanol–water partition coefficient (Wildman–Crippen LogP) is 1.72. The van der Waals surface area contributed by atoms with Gasteiger partial charge in [0.15, 0.2) is 5.78 Å². The summed E-state index contributed by atoms with van der Waals surface area (Å²) in [7, 11) is 0. The molecule has 1 heterocycles. The van der Waals surface area contributed by atoms with E-state index in [-0.39, 0.29) is 22.8 Å². The smallest absolute Gasteiger partial charge is 0.198 e. The number of hydrogen-bond donors (Lipinski definition) is 2. The van der Waals surface area contributed by atoms with Gasteiger partial charge in [0.2, 0.25) is 0 Å². The summed E-state index contributed by atoms with van der Waals surface area (Å²) in [6.45, 7) is 0. The number of carbonyl (C=O) groups excluding carboxylic acids is 1. The van der Waals surface area contributed by atoms with Crippen molar-refractivity contribution in [1.82, 2.24) is 4.98 Å². The van der Waals surface area contributed by atoms with Gasteiger partial charge in [0, 0.05) is 24.0 Å². The first-order chi connectivity index (χ1) is 7.68. The van der Waals surface area contributed by atoms with Crippen LogP contribution in [0, 0.1) is 0 Å². The van der Waals surface area contributed by atoms with Crippen LogP contribution in [0.4, 0.5) is 0 Å². The Labute approximate surface area is 91.8 Å². The minimum atomic E-state index is -0.328. The van der Waals surface area contributed by atoms with Crippen LogP contribution in [0.3, 0.4) is 0 Å². The van der Waals surface area contributed by atoms with Crippen molar-refractivity contribution < 1.29 is 15.0 Å². The number of carbonyl (C=O) groups is 1. The van der Waals surface area contributed by atoms with Gasteiger partial charge in [0.05, 0.1) is 5.56 Å². The molecule has 4 nitrogen and oxygen atoms in total. The summed E-state index contributed by atoms with van der Waals surface area (Å²) in [5, 5.41) is 18.6. The van der Waals surface area contributed by atoms with Gasteiger partial charge in [0.1, 0.15) is 11.5 Å². The van der Waals surface area contributed by atoms with Crippen LogP contribution in [0.25, 0.3) is 0 Å². The van der Waals surface area contributed by atoms with E-state index in [1.165, 1.54) is 18.3 Å². The van der Waals surface area contributed by atoms with Crippen molar-refractivity contribution in [1.29, 1.82) is 0 Å². The molecule has 0 fully saturated rings. The number of aromatic nitrogens is 1. The highest BCUT2D eigenvalue weighted by atomic mass is 16.3. The average Bonchev–Trinajstić information content (AvgIpc) is 2.29. The molecule has 0 aliphatic carbocycles. The third-order valence-corrected chi connectivity index (χ3v) is 2.15. The first-order valence-corrected chi connectivity index (χ1v) is 4.65. The van der Waals surface area contributed by atoms with E-state index < -0.39 is 0 Å². The fourth-order valence-electron chi connectivity index (χ4n) is 1.36. The summed E-state index contributed by atoms with van der Waals surface area (Å²) < 4.78 is 0. The topological polar surface area (TPSA) is 70.4 Å². The summed E-state index contributed by atoms with van der Waals surface area (Å²) in [6, 6.07) is 7.11. The molecule has 2 N–H and O–H groups in total. The quantitative estimate of drug-likeness (QED) is 0.748. The molecule has 0 saturated carbocycles. The van der Waals surface area contributed by atoms with E-state index in [2.05, 4.69) is 4.98 Å². The van der Waals surface area contributed by atoms with Crippen LogP contribution >= 0.6 is 0 Å². The molecule has 0 aliphatic rings. The van der Waals surface area contributed by atoms with E-state index in [4.69, 9.17) is 5.11 Å². The van der Waals surface area contributed by atoms with Crippen molar-refractivity contribution >= 4 is 5.78 Å². The highest BCUT2D eigenvalue weighted by Crippen LogP contribution is 2.24. The number of aromatic hydroxyl groups is 2. The molecule has 0 atom stereocenters. The van der Waals surface area contributed by atoms with E-state index in [0.29, 0.717) is 5.56 Å². The second-order valence-corrected chi connectivity index (χ2v) is 3.27. The zero-order valence-electron chi connectivity index (χ0n) is 8.29. The number of benzene rings is 1. The SMILES string of the molecule is O=C(c1cccnc1)c1ccc(O)cc1O. The molecule has 0 amide bonds. The van der Waals surface area contributed by atoms with Crippen molar-refractivity contribution in [3.05, 3.63) is 53.9 Å². The van der Waals surface area contributed by atoms with Gasteiger partial charge in [-0.15, -0.1) is 0 Å². The highest BCUT2D eigenvalue weighted by molar-refractivity contribution is 6.10. The van der Waals surface area contributed by atoms with Gasteiger partial charge < -0.3 is 10.2 Å². The molecule has 80 valence electrons. The van der Waals surface area contributed by atoms with E-state index in [1.54, 1.807) is 18.3 Å². The molecule has 0 saturated heterocycles. The van der Waals surface area contributed by atoms with Crippen LogP contribution in [0.2, 0.25) is 0 Å². The third kappa shape index (κ3) is 1.86. The second-order valence-electron chi connectivity index (χ2n) is 3.27. The Morgan fingerprint density at radius 1 is 1.19 bits per heavy atom. The number of nitrogens with zero attached hydrogens (tertiary/aromatic N) is 1. The maximum Gasteiger partial charge on any atom is 0.198 e. The van der Waals surface area contributed by atoms with Gasteiger partial charge in [-0.1, -0.05) is 0 Å². The lowest BCUT2D eigenvalue weighted by Gasteiger charge is -2.03. The fraction of sp³-hybridized carbons (Fsp3) is 0. The maximum absolute atomic E-state index is 11.9. The highest BCUT2D eigenvalue weighted by Gasteiger charge is 2.13. The van der Waals surface area contributed by atoms with Crippen LogP contribution in [-0.2, 0) is 0 Å². The Kier molecular flexibility index (Phi) is 2.55. The van der Waals surface area contributed by atoms with Crippen LogP contribution in [-0.4, -0.2) is 21.0 Å². The van der Waals surface area contributed by atoms with Gasteiger partial charge in [-0.25, -0.2) is 0 Å².